The van der Waals surface area contributed by atoms with Crippen molar-refractivity contribution in [3.63, 3.8) is 0 Å². The number of amides is 2. The van der Waals surface area contributed by atoms with E-state index in [1.807, 2.05) is 0 Å². The molecule has 0 atom stereocenters. The lowest BCUT2D eigenvalue weighted by Crippen LogP contribution is -2.28. The van der Waals surface area contributed by atoms with E-state index in [4.69, 9.17) is 4.74 Å². The Labute approximate surface area is 190 Å². The van der Waals surface area contributed by atoms with E-state index in [0.29, 0.717) is 11.4 Å². The van der Waals surface area contributed by atoms with Gasteiger partial charge in [0.15, 0.2) is 0 Å². The van der Waals surface area contributed by atoms with E-state index in [9.17, 15) is 22.4 Å². The Morgan fingerprint density at radius 3 is 2.00 bits per heavy atom. The normalized spacial score (nSPS) is 14.0. The van der Waals surface area contributed by atoms with Gasteiger partial charge in [-0.25, -0.2) is 17.5 Å². The first kappa shape index (κ1) is 22.6. The molecular formula is C24H21FN2O5S. The second kappa shape index (κ2) is 9.51. The summed E-state index contributed by atoms with van der Waals surface area (Å²) >= 11 is 0. The molecule has 1 aliphatic rings. The molecule has 33 heavy (non-hydrogen) atoms. The Morgan fingerprint density at radius 2 is 1.39 bits per heavy atom. The standard InChI is InChI=1S/C24H21FN2O5S/c25-19-5-1-18(2-6-19)16-32-21-9-3-17(4-10-21)15-26-33(30,31)22-11-7-20(8-12-22)27-23(28)13-14-24(27)29/h1-12,26H,13-16H2. The number of anilines is 1. The van der Waals surface area contributed by atoms with Crippen LogP contribution in [0.25, 0.3) is 0 Å². The minimum atomic E-state index is -3.79. The van der Waals surface area contributed by atoms with Crippen LogP contribution in [0.1, 0.15) is 24.0 Å². The average molecular weight is 469 g/mol. The van der Waals surface area contributed by atoms with Gasteiger partial charge in [-0.1, -0.05) is 24.3 Å². The summed E-state index contributed by atoms with van der Waals surface area (Å²) in [6, 6.07) is 18.6. The maximum absolute atomic E-state index is 13.0. The molecule has 4 rings (SSSR count). The SMILES string of the molecule is O=C1CCC(=O)N1c1ccc(S(=O)(=O)NCc2ccc(OCc3ccc(F)cc3)cc2)cc1. The van der Waals surface area contributed by atoms with E-state index < -0.39 is 10.0 Å². The largest absolute Gasteiger partial charge is 0.489 e. The molecule has 0 spiro atoms. The number of nitrogens with zero attached hydrogens (tertiary/aromatic N) is 1. The van der Waals surface area contributed by atoms with Gasteiger partial charge in [-0.15, -0.1) is 0 Å². The van der Waals surface area contributed by atoms with Crippen molar-refractivity contribution >= 4 is 27.5 Å². The molecule has 7 nitrogen and oxygen atoms in total. The molecule has 0 unspecified atom stereocenters. The fourth-order valence-electron chi connectivity index (χ4n) is 3.35. The molecule has 2 amide bonds. The van der Waals surface area contributed by atoms with Crippen molar-refractivity contribution in [3.8, 4) is 5.75 Å². The lowest BCUT2D eigenvalue weighted by atomic mass is 10.2. The molecule has 1 saturated heterocycles. The van der Waals surface area contributed by atoms with Crippen molar-refractivity contribution in [3.05, 3.63) is 89.7 Å². The molecule has 1 N–H and O–H groups in total. The Kier molecular flexibility index (Phi) is 6.52. The maximum atomic E-state index is 13.0. The van der Waals surface area contributed by atoms with Gasteiger partial charge < -0.3 is 4.74 Å². The number of imide groups is 1. The van der Waals surface area contributed by atoms with Crippen LogP contribution in [0, 0.1) is 5.82 Å². The monoisotopic (exact) mass is 468 g/mol. The van der Waals surface area contributed by atoms with Crippen molar-refractivity contribution in [1.82, 2.24) is 4.72 Å². The van der Waals surface area contributed by atoms with Gasteiger partial charge in [-0.05, 0) is 59.7 Å². The van der Waals surface area contributed by atoms with Gasteiger partial charge in [-0.2, -0.15) is 0 Å². The third-order valence-electron chi connectivity index (χ3n) is 5.17. The summed E-state index contributed by atoms with van der Waals surface area (Å²) < 4.78 is 46.4. The second-order valence-corrected chi connectivity index (χ2v) is 9.27. The summed E-state index contributed by atoms with van der Waals surface area (Å²) in [5.41, 5.74) is 1.92. The predicted octanol–water partition coefficient (Wildman–Crippen LogP) is 3.54. The molecule has 0 aromatic heterocycles. The highest BCUT2D eigenvalue weighted by molar-refractivity contribution is 7.89. The minimum Gasteiger partial charge on any atom is -0.489 e. The first-order valence-corrected chi connectivity index (χ1v) is 11.7. The molecule has 170 valence electrons. The number of halogens is 1. The number of ether oxygens (including phenoxy) is 1. The van der Waals surface area contributed by atoms with Crippen LogP contribution in [0.15, 0.2) is 77.7 Å². The highest BCUT2D eigenvalue weighted by Gasteiger charge is 2.30. The number of hydrogen-bond acceptors (Lipinski definition) is 5. The number of hydrogen-bond donors (Lipinski definition) is 1. The van der Waals surface area contributed by atoms with Gasteiger partial charge in [0.25, 0.3) is 0 Å². The Bertz CT molecular complexity index is 1240. The molecule has 0 saturated carbocycles. The van der Waals surface area contributed by atoms with Crippen LogP contribution >= 0.6 is 0 Å². The lowest BCUT2D eigenvalue weighted by Gasteiger charge is -2.14. The summed E-state index contributed by atoms with van der Waals surface area (Å²) in [7, 11) is -3.79. The van der Waals surface area contributed by atoms with Gasteiger partial charge in [0.1, 0.15) is 18.2 Å². The second-order valence-electron chi connectivity index (χ2n) is 7.50. The number of benzene rings is 3. The van der Waals surface area contributed by atoms with E-state index in [2.05, 4.69) is 4.72 Å². The highest BCUT2D eigenvalue weighted by atomic mass is 32.2. The molecule has 3 aromatic carbocycles. The van der Waals surface area contributed by atoms with Gasteiger partial charge in [0.2, 0.25) is 21.8 Å². The van der Waals surface area contributed by atoms with Crippen molar-refractivity contribution < 1.29 is 27.1 Å². The first-order chi connectivity index (χ1) is 15.8. The van der Waals surface area contributed by atoms with Crippen LogP contribution in [0.3, 0.4) is 0 Å². The predicted molar refractivity (Wildman–Crippen MR) is 119 cm³/mol. The molecule has 0 bridgehead atoms. The summed E-state index contributed by atoms with van der Waals surface area (Å²) in [6.45, 7) is 0.363. The molecule has 9 heteroatoms. The van der Waals surface area contributed by atoms with Crippen LogP contribution in [-0.2, 0) is 32.8 Å². The molecule has 3 aromatic rings. The lowest BCUT2D eigenvalue weighted by molar-refractivity contribution is -0.121. The van der Waals surface area contributed by atoms with Gasteiger partial charge >= 0.3 is 0 Å². The van der Waals surface area contributed by atoms with E-state index in [0.717, 1.165) is 16.0 Å². The number of rotatable bonds is 8. The summed E-state index contributed by atoms with van der Waals surface area (Å²) in [5, 5.41) is 0. The number of carbonyl (C=O) groups excluding carboxylic acids is 2. The van der Waals surface area contributed by atoms with Crippen LogP contribution in [0.2, 0.25) is 0 Å². The summed E-state index contributed by atoms with van der Waals surface area (Å²) in [5.74, 6) is -0.288. The van der Waals surface area contributed by atoms with Gasteiger partial charge in [0, 0.05) is 19.4 Å². The van der Waals surface area contributed by atoms with Gasteiger partial charge in [-0.3, -0.25) is 14.5 Å². The highest BCUT2D eigenvalue weighted by Crippen LogP contribution is 2.24. The topological polar surface area (TPSA) is 92.8 Å². The van der Waals surface area contributed by atoms with E-state index in [1.165, 1.54) is 36.4 Å². The van der Waals surface area contributed by atoms with Crippen LogP contribution in [0.5, 0.6) is 5.75 Å². The Hall–Kier alpha value is -3.56. The van der Waals surface area contributed by atoms with Crippen molar-refractivity contribution in [2.45, 2.75) is 30.9 Å². The smallest absolute Gasteiger partial charge is 0.240 e. The number of carbonyl (C=O) groups is 2. The minimum absolute atomic E-state index is 0.0320. The molecule has 1 fully saturated rings. The quantitative estimate of drug-likeness (QED) is 0.511. The number of nitrogens with one attached hydrogen (secondary N) is 1. The van der Waals surface area contributed by atoms with E-state index in [1.54, 1.807) is 36.4 Å². The van der Waals surface area contributed by atoms with E-state index in [-0.39, 0.29) is 48.5 Å². The average Bonchev–Trinajstić information content (AvgIpc) is 3.16. The molecular weight excluding hydrogens is 447 g/mol. The van der Waals surface area contributed by atoms with E-state index >= 15 is 0 Å². The van der Waals surface area contributed by atoms with Crippen molar-refractivity contribution in [2.24, 2.45) is 0 Å². The fraction of sp³-hybridized carbons (Fsp3) is 0.167. The molecule has 0 radical (unpaired) electrons. The zero-order valence-electron chi connectivity index (χ0n) is 17.5. The Morgan fingerprint density at radius 1 is 0.818 bits per heavy atom. The summed E-state index contributed by atoms with van der Waals surface area (Å²) in [4.78, 5) is 24.8. The third kappa shape index (κ3) is 5.44. The zero-order valence-corrected chi connectivity index (χ0v) is 18.3. The van der Waals surface area contributed by atoms with Gasteiger partial charge in [0.05, 0.1) is 10.6 Å². The van der Waals surface area contributed by atoms with Crippen LogP contribution in [-0.4, -0.2) is 20.2 Å². The van der Waals surface area contributed by atoms with Crippen LogP contribution in [0.4, 0.5) is 10.1 Å². The third-order valence-corrected chi connectivity index (χ3v) is 6.58. The molecule has 0 aliphatic carbocycles. The van der Waals surface area contributed by atoms with Crippen LogP contribution < -0.4 is 14.4 Å². The fourth-order valence-corrected chi connectivity index (χ4v) is 4.37. The zero-order chi connectivity index (χ0) is 23.4. The molecule has 1 heterocycles. The first-order valence-electron chi connectivity index (χ1n) is 10.2. The maximum Gasteiger partial charge on any atom is 0.240 e. The summed E-state index contributed by atoms with van der Waals surface area (Å²) in [6.07, 6.45) is 0.326. The molecule has 1 aliphatic heterocycles. The Balaban J connectivity index is 1.33. The number of sulfonamides is 1. The van der Waals surface area contributed by atoms with Crippen molar-refractivity contribution in [2.75, 3.05) is 4.90 Å². The van der Waals surface area contributed by atoms with Crippen molar-refractivity contribution in [1.29, 1.82) is 0 Å².